The number of pyridine rings is 1. The van der Waals surface area contributed by atoms with Crippen molar-refractivity contribution in [2.24, 2.45) is 0 Å². The minimum atomic E-state index is -0.201. The summed E-state index contributed by atoms with van der Waals surface area (Å²) in [5.74, 6) is 1.79. The minimum Gasteiger partial charge on any atom is -0.490 e. The van der Waals surface area contributed by atoms with E-state index in [1.54, 1.807) is 12.1 Å². The Balaban J connectivity index is 1.62. The van der Waals surface area contributed by atoms with Crippen LogP contribution in [0.4, 0.5) is 5.69 Å². The van der Waals surface area contributed by atoms with Crippen LogP contribution >= 0.6 is 0 Å². The SMILES string of the molecule is CCOc1ccccc1Oc1ccc(NC(=O)c2ccc(CC(C)OC(C)C)nc2C)cc1. The first-order valence-corrected chi connectivity index (χ1v) is 11.3. The molecule has 33 heavy (non-hydrogen) atoms. The van der Waals surface area contributed by atoms with Gasteiger partial charge in [0.25, 0.3) is 5.91 Å². The standard InChI is InChI=1S/C27H32N2O4/c1-6-31-25-9-7-8-10-26(25)33-23-14-11-21(12-15-23)29-27(30)24-16-13-22(28-20(24)5)17-19(4)32-18(2)3/h7-16,18-19H,6,17H2,1-5H3,(H,29,30). The van der Waals surface area contributed by atoms with Gasteiger partial charge in [-0.05, 0) is 83.1 Å². The highest BCUT2D eigenvalue weighted by atomic mass is 16.5. The van der Waals surface area contributed by atoms with Gasteiger partial charge in [-0.2, -0.15) is 0 Å². The van der Waals surface area contributed by atoms with E-state index in [0.717, 1.165) is 5.69 Å². The van der Waals surface area contributed by atoms with E-state index in [0.29, 0.717) is 47.2 Å². The maximum atomic E-state index is 12.8. The van der Waals surface area contributed by atoms with E-state index in [9.17, 15) is 4.79 Å². The Morgan fingerprint density at radius 1 is 0.970 bits per heavy atom. The molecule has 3 rings (SSSR count). The molecule has 0 saturated heterocycles. The number of amides is 1. The Bertz CT molecular complexity index is 1060. The average Bonchev–Trinajstić information content (AvgIpc) is 2.76. The van der Waals surface area contributed by atoms with Crippen LogP contribution in [0, 0.1) is 6.92 Å². The van der Waals surface area contributed by atoms with Crippen molar-refractivity contribution in [3.8, 4) is 17.2 Å². The topological polar surface area (TPSA) is 69.7 Å². The summed E-state index contributed by atoms with van der Waals surface area (Å²) in [6, 6.07) is 18.4. The van der Waals surface area contributed by atoms with Gasteiger partial charge < -0.3 is 19.5 Å². The fourth-order valence-electron chi connectivity index (χ4n) is 3.51. The van der Waals surface area contributed by atoms with E-state index in [-0.39, 0.29) is 18.1 Å². The van der Waals surface area contributed by atoms with Crippen molar-refractivity contribution in [3.63, 3.8) is 0 Å². The molecule has 1 N–H and O–H groups in total. The number of hydrogen-bond acceptors (Lipinski definition) is 5. The Morgan fingerprint density at radius 2 is 1.67 bits per heavy atom. The van der Waals surface area contributed by atoms with Gasteiger partial charge in [0.1, 0.15) is 5.75 Å². The van der Waals surface area contributed by atoms with Crippen LogP contribution in [-0.4, -0.2) is 29.7 Å². The lowest BCUT2D eigenvalue weighted by molar-refractivity contribution is 0.0190. The van der Waals surface area contributed by atoms with E-state index < -0.39 is 0 Å². The third kappa shape index (κ3) is 7.05. The summed E-state index contributed by atoms with van der Waals surface area (Å²) in [5.41, 5.74) is 2.82. The number of benzene rings is 2. The van der Waals surface area contributed by atoms with Gasteiger partial charge in [-0.25, -0.2) is 0 Å². The van der Waals surface area contributed by atoms with Crippen molar-refractivity contribution in [1.29, 1.82) is 0 Å². The molecule has 0 radical (unpaired) electrons. The van der Waals surface area contributed by atoms with E-state index in [4.69, 9.17) is 14.2 Å². The van der Waals surface area contributed by atoms with E-state index in [2.05, 4.69) is 10.3 Å². The number of carbonyl (C=O) groups is 1. The number of anilines is 1. The second-order valence-electron chi connectivity index (χ2n) is 8.10. The first-order valence-electron chi connectivity index (χ1n) is 11.3. The minimum absolute atomic E-state index is 0.0674. The maximum Gasteiger partial charge on any atom is 0.257 e. The Morgan fingerprint density at radius 3 is 2.30 bits per heavy atom. The van der Waals surface area contributed by atoms with Crippen molar-refractivity contribution in [3.05, 3.63) is 77.6 Å². The monoisotopic (exact) mass is 448 g/mol. The van der Waals surface area contributed by atoms with Crippen LogP contribution in [0.15, 0.2) is 60.7 Å². The highest BCUT2D eigenvalue weighted by molar-refractivity contribution is 6.05. The number of rotatable bonds is 10. The highest BCUT2D eigenvalue weighted by Crippen LogP contribution is 2.31. The summed E-state index contributed by atoms with van der Waals surface area (Å²) in [5, 5.41) is 2.92. The van der Waals surface area contributed by atoms with Crippen LogP contribution < -0.4 is 14.8 Å². The molecule has 0 fully saturated rings. The first-order chi connectivity index (χ1) is 15.9. The average molecular weight is 449 g/mol. The normalized spacial score (nSPS) is 11.8. The molecule has 0 bridgehead atoms. The zero-order valence-corrected chi connectivity index (χ0v) is 19.9. The number of nitrogens with one attached hydrogen (secondary N) is 1. The van der Waals surface area contributed by atoms with Gasteiger partial charge in [-0.15, -0.1) is 0 Å². The quantitative estimate of drug-likeness (QED) is 0.400. The second kappa shape index (κ2) is 11.5. The van der Waals surface area contributed by atoms with Crippen LogP contribution in [0.2, 0.25) is 0 Å². The number of aromatic nitrogens is 1. The van der Waals surface area contributed by atoms with Crippen molar-refractivity contribution in [2.75, 3.05) is 11.9 Å². The molecule has 0 aliphatic heterocycles. The summed E-state index contributed by atoms with van der Waals surface area (Å²) in [6.07, 6.45) is 0.939. The molecule has 0 saturated carbocycles. The molecule has 2 aromatic carbocycles. The van der Waals surface area contributed by atoms with Crippen LogP contribution in [0.5, 0.6) is 17.2 Å². The van der Waals surface area contributed by atoms with Crippen LogP contribution in [0.25, 0.3) is 0 Å². The Labute approximate surface area is 195 Å². The Hall–Kier alpha value is -3.38. The summed E-state index contributed by atoms with van der Waals surface area (Å²) >= 11 is 0. The molecule has 1 aromatic heterocycles. The van der Waals surface area contributed by atoms with Crippen LogP contribution in [0.3, 0.4) is 0 Å². The molecular formula is C27H32N2O4. The smallest absolute Gasteiger partial charge is 0.257 e. The van der Waals surface area contributed by atoms with Gasteiger partial charge >= 0.3 is 0 Å². The van der Waals surface area contributed by atoms with Crippen molar-refractivity contribution in [2.45, 2.75) is 53.2 Å². The predicted octanol–water partition coefficient (Wildman–Crippen LogP) is 6.19. The molecule has 0 aliphatic rings. The molecular weight excluding hydrogens is 416 g/mol. The zero-order chi connectivity index (χ0) is 23.8. The summed E-state index contributed by atoms with van der Waals surface area (Å²) in [7, 11) is 0. The fourth-order valence-corrected chi connectivity index (χ4v) is 3.51. The van der Waals surface area contributed by atoms with Crippen molar-refractivity contribution in [1.82, 2.24) is 4.98 Å². The van der Waals surface area contributed by atoms with Crippen molar-refractivity contribution < 1.29 is 19.0 Å². The molecule has 174 valence electrons. The molecule has 6 heteroatoms. The molecule has 1 atom stereocenters. The highest BCUT2D eigenvalue weighted by Gasteiger charge is 2.14. The summed E-state index contributed by atoms with van der Waals surface area (Å²) in [6.45, 7) is 10.4. The largest absolute Gasteiger partial charge is 0.490 e. The summed E-state index contributed by atoms with van der Waals surface area (Å²) in [4.78, 5) is 17.4. The van der Waals surface area contributed by atoms with Gasteiger partial charge in [0.05, 0.1) is 30.1 Å². The molecule has 3 aromatic rings. The molecule has 0 spiro atoms. The lowest BCUT2D eigenvalue weighted by Gasteiger charge is -2.16. The first kappa shape index (κ1) is 24.3. The van der Waals surface area contributed by atoms with Gasteiger partial charge in [0.15, 0.2) is 11.5 Å². The number of ether oxygens (including phenoxy) is 3. The van der Waals surface area contributed by atoms with Gasteiger partial charge in [0, 0.05) is 17.8 Å². The summed E-state index contributed by atoms with van der Waals surface area (Å²) < 4.78 is 17.3. The van der Waals surface area contributed by atoms with Gasteiger partial charge in [0.2, 0.25) is 0 Å². The second-order valence-corrected chi connectivity index (χ2v) is 8.10. The van der Waals surface area contributed by atoms with Crippen LogP contribution in [-0.2, 0) is 11.2 Å². The molecule has 1 unspecified atom stereocenters. The third-order valence-electron chi connectivity index (χ3n) is 4.88. The number of para-hydroxylation sites is 2. The number of nitrogens with zero attached hydrogens (tertiary/aromatic N) is 1. The van der Waals surface area contributed by atoms with Crippen LogP contribution in [0.1, 0.15) is 49.4 Å². The lowest BCUT2D eigenvalue weighted by atomic mass is 10.1. The predicted molar refractivity (Wildman–Crippen MR) is 130 cm³/mol. The molecule has 1 amide bonds. The Kier molecular flexibility index (Phi) is 8.44. The fraction of sp³-hybridized carbons (Fsp3) is 0.333. The van der Waals surface area contributed by atoms with E-state index >= 15 is 0 Å². The third-order valence-corrected chi connectivity index (χ3v) is 4.88. The van der Waals surface area contributed by atoms with Crippen molar-refractivity contribution >= 4 is 11.6 Å². The van der Waals surface area contributed by atoms with Gasteiger partial charge in [-0.1, -0.05) is 12.1 Å². The van der Waals surface area contributed by atoms with E-state index in [1.165, 1.54) is 0 Å². The molecule has 0 aliphatic carbocycles. The maximum absolute atomic E-state index is 12.8. The molecule has 1 heterocycles. The number of hydrogen-bond donors (Lipinski definition) is 1. The van der Waals surface area contributed by atoms with Gasteiger partial charge in [-0.3, -0.25) is 9.78 Å². The molecule has 6 nitrogen and oxygen atoms in total. The number of aryl methyl sites for hydroxylation is 1. The zero-order valence-electron chi connectivity index (χ0n) is 19.9. The van der Waals surface area contributed by atoms with E-state index in [1.807, 2.05) is 83.1 Å². The number of carbonyl (C=O) groups excluding carboxylic acids is 1. The lowest BCUT2D eigenvalue weighted by Crippen LogP contribution is -2.18.